The number of nitrogens with zero attached hydrogens (tertiary/aromatic N) is 3. The molecule has 0 saturated carbocycles. The van der Waals surface area contributed by atoms with Crippen molar-refractivity contribution in [3.63, 3.8) is 0 Å². The van der Waals surface area contributed by atoms with Crippen LogP contribution in [0.5, 0.6) is 5.88 Å². The summed E-state index contributed by atoms with van der Waals surface area (Å²) in [5, 5.41) is 17.3. The number of halogens is 2. The van der Waals surface area contributed by atoms with Crippen molar-refractivity contribution in [1.29, 1.82) is 0 Å². The highest BCUT2D eigenvalue weighted by atomic mass is 35.5. The highest BCUT2D eigenvalue weighted by Gasteiger charge is 2.23. The van der Waals surface area contributed by atoms with Gasteiger partial charge in [-0.2, -0.15) is 9.78 Å². The van der Waals surface area contributed by atoms with E-state index in [9.17, 15) is 9.90 Å². The summed E-state index contributed by atoms with van der Waals surface area (Å²) in [7, 11) is 0. The Morgan fingerprint density at radius 1 is 1.25 bits per heavy atom. The van der Waals surface area contributed by atoms with Gasteiger partial charge in [0.2, 0.25) is 5.88 Å². The SMILES string of the molecule is Cc1c(C(=O)NN2CCCCC2)nn(-c2ccc(Cl)cc2Cl)c1O. The van der Waals surface area contributed by atoms with Crippen LogP contribution in [0.4, 0.5) is 0 Å². The van der Waals surface area contributed by atoms with Crippen molar-refractivity contribution < 1.29 is 9.90 Å². The first-order valence-corrected chi connectivity index (χ1v) is 8.53. The third kappa shape index (κ3) is 3.36. The van der Waals surface area contributed by atoms with E-state index in [2.05, 4.69) is 10.5 Å². The molecule has 0 spiro atoms. The largest absolute Gasteiger partial charge is 0.493 e. The molecule has 1 aromatic heterocycles. The molecule has 0 bridgehead atoms. The number of rotatable bonds is 3. The lowest BCUT2D eigenvalue weighted by Crippen LogP contribution is -2.45. The van der Waals surface area contributed by atoms with Gasteiger partial charge in [0.15, 0.2) is 5.69 Å². The number of hydrogen-bond acceptors (Lipinski definition) is 4. The number of aromatic hydroxyl groups is 1. The van der Waals surface area contributed by atoms with Gasteiger partial charge >= 0.3 is 0 Å². The van der Waals surface area contributed by atoms with Crippen LogP contribution < -0.4 is 5.43 Å². The number of piperidine rings is 1. The number of hydrazine groups is 1. The fraction of sp³-hybridized carbons (Fsp3) is 0.375. The molecule has 2 aromatic rings. The van der Waals surface area contributed by atoms with Gasteiger partial charge in [-0.25, -0.2) is 5.01 Å². The smallest absolute Gasteiger partial charge is 0.286 e. The number of carbonyl (C=O) groups excluding carboxylic acids is 1. The van der Waals surface area contributed by atoms with Crippen LogP contribution in [0.1, 0.15) is 35.3 Å². The van der Waals surface area contributed by atoms with E-state index in [-0.39, 0.29) is 17.5 Å². The minimum absolute atomic E-state index is 0.122. The fourth-order valence-corrected chi connectivity index (χ4v) is 3.21. The maximum atomic E-state index is 12.5. The zero-order valence-electron chi connectivity index (χ0n) is 13.2. The Morgan fingerprint density at radius 2 is 1.96 bits per heavy atom. The molecule has 6 nitrogen and oxygen atoms in total. The second kappa shape index (κ2) is 7.01. The van der Waals surface area contributed by atoms with Crippen LogP contribution in [0, 0.1) is 6.92 Å². The van der Waals surface area contributed by atoms with Gasteiger partial charge in [0.05, 0.1) is 10.7 Å². The van der Waals surface area contributed by atoms with Gasteiger partial charge in [0, 0.05) is 23.7 Å². The minimum Gasteiger partial charge on any atom is -0.493 e. The van der Waals surface area contributed by atoms with Gasteiger partial charge in [0.1, 0.15) is 0 Å². The Labute approximate surface area is 149 Å². The Kier molecular flexibility index (Phi) is 4.99. The van der Waals surface area contributed by atoms with E-state index in [1.807, 2.05) is 5.01 Å². The molecule has 128 valence electrons. The molecule has 1 amide bonds. The molecular formula is C16H18Cl2N4O2. The van der Waals surface area contributed by atoms with Gasteiger partial charge < -0.3 is 5.11 Å². The van der Waals surface area contributed by atoms with Crippen LogP contribution >= 0.6 is 23.2 Å². The third-order valence-electron chi connectivity index (χ3n) is 4.06. The number of benzene rings is 1. The average Bonchev–Trinajstić information content (AvgIpc) is 2.85. The quantitative estimate of drug-likeness (QED) is 0.871. The highest BCUT2D eigenvalue weighted by Crippen LogP contribution is 2.30. The topological polar surface area (TPSA) is 70.4 Å². The molecule has 8 heteroatoms. The lowest BCUT2D eigenvalue weighted by Gasteiger charge is -2.26. The first-order chi connectivity index (χ1) is 11.5. The van der Waals surface area contributed by atoms with Crippen molar-refractivity contribution in [2.75, 3.05) is 13.1 Å². The summed E-state index contributed by atoms with van der Waals surface area (Å²) in [5.41, 5.74) is 3.87. The first-order valence-electron chi connectivity index (χ1n) is 7.77. The maximum Gasteiger partial charge on any atom is 0.286 e. The second-order valence-electron chi connectivity index (χ2n) is 5.79. The van der Waals surface area contributed by atoms with Gasteiger partial charge in [-0.1, -0.05) is 29.6 Å². The molecule has 3 rings (SSSR count). The molecule has 2 heterocycles. The van der Waals surface area contributed by atoms with Crippen molar-refractivity contribution in [3.05, 3.63) is 39.5 Å². The normalized spacial score (nSPS) is 15.5. The summed E-state index contributed by atoms with van der Waals surface area (Å²) < 4.78 is 1.25. The summed E-state index contributed by atoms with van der Waals surface area (Å²) in [5.74, 6) is -0.462. The molecule has 1 aliphatic rings. The lowest BCUT2D eigenvalue weighted by atomic mass is 10.2. The number of carbonyl (C=O) groups is 1. The van der Waals surface area contributed by atoms with E-state index in [1.54, 1.807) is 25.1 Å². The van der Waals surface area contributed by atoms with Crippen molar-refractivity contribution in [2.24, 2.45) is 0 Å². The molecule has 1 saturated heterocycles. The summed E-state index contributed by atoms with van der Waals surface area (Å²) >= 11 is 12.1. The third-order valence-corrected chi connectivity index (χ3v) is 4.60. The van der Waals surface area contributed by atoms with Crippen LogP contribution in [-0.4, -0.2) is 38.9 Å². The molecular weight excluding hydrogens is 351 g/mol. The molecule has 1 aliphatic heterocycles. The zero-order chi connectivity index (χ0) is 17.3. The highest BCUT2D eigenvalue weighted by molar-refractivity contribution is 6.35. The van der Waals surface area contributed by atoms with Gasteiger partial charge in [-0.15, -0.1) is 0 Å². The predicted molar refractivity (Wildman–Crippen MR) is 92.9 cm³/mol. The molecule has 1 fully saturated rings. The van der Waals surface area contributed by atoms with Gasteiger partial charge in [0.25, 0.3) is 5.91 Å². The average molecular weight is 369 g/mol. The Hall–Kier alpha value is -1.76. The second-order valence-corrected chi connectivity index (χ2v) is 6.64. The lowest BCUT2D eigenvalue weighted by molar-refractivity contribution is 0.0743. The first kappa shape index (κ1) is 17.1. The summed E-state index contributed by atoms with van der Waals surface area (Å²) in [6.07, 6.45) is 3.29. The van der Waals surface area contributed by atoms with E-state index < -0.39 is 0 Å². The molecule has 0 radical (unpaired) electrons. The van der Waals surface area contributed by atoms with Crippen molar-refractivity contribution in [2.45, 2.75) is 26.2 Å². The standard InChI is InChI=1S/C16H18Cl2N4O2/c1-10-14(15(23)20-21-7-3-2-4-8-21)19-22(16(10)24)13-6-5-11(17)9-12(13)18/h5-6,9,24H,2-4,7-8H2,1H3,(H,20,23). The monoisotopic (exact) mass is 368 g/mol. The van der Waals surface area contributed by atoms with Gasteiger partial charge in [-0.3, -0.25) is 10.2 Å². The maximum absolute atomic E-state index is 12.5. The van der Waals surface area contributed by atoms with Crippen LogP contribution in [0.2, 0.25) is 10.0 Å². The Morgan fingerprint density at radius 3 is 2.62 bits per heavy atom. The van der Waals surface area contributed by atoms with Crippen molar-refractivity contribution in [1.82, 2.24) is 20.2 Å². The molecule has 0 unspecified atom stereocenters. The number of aromatic nitrogens is 2. The van der Waals surface area contributed by atoms with Crippen LogP contribution in [0.3, 0.4) is 0 Å². The van der Waals surface area contributed by atoms with E-state index in [0.717, 1.165) is 25.9 Å². The minimum atomic E-state index is -0.339. The van der Waals surface area contributed by atoms with Gasteiger partial charge in [-0.05, 0) is 38.0 Å². The zero-order valence-corrected chi connectivity index (χ0v) is 14.7. The van der Waals surface area contributed by atoms with Crippen molar-refractivity contribution in [3.8, 4) is 11.6 Å². The van der Waals surface area contributed by atoms with Crippen molar-refractivity contribution >= 4 is 29.1 Å². The molecule has 2 N–H and O–H groups in total. The Balaban J connectivity index is 1.89. The van der Waals surface area contributed by atoms with E-state index in [1.165, 1.54) is 11.1 Å². The van der Waals surface area contributed by atoms with Crippen LogP contribution in [0.15, 0.2) is 18.2 Å². The van der Waals surface area contributed by atoms with E-state index in [4.69, 9.17) is 23.2 Å². The number of hydrogen-bond donors (Lipinski definition) is 2. The fourth-order valence-electron chi connectivity index (χ4n) is 2.73. The van der Waals surface area contributed by atoms with Crippen LogP contribution in [-0.2, 0) is 0 Å². The van der Waals surface area contributed by atoms with E-state index >= 15 is 0 Å². The summed E-state index contributed by atoms with van der Waals surface area (Å²) in [4.78, 5) is 12.5. The van der Waals surface area contributed by atoms with Crippen LogP contribution in [0.25, 0.3) is 5.69 Å². The Bertz CT molecular complexity index is 770. The summed E-state index contributed by atoms with van der Waals surface area (Å²) in [6.45, 7) is 3.29. The molecule has 0 atom stereocenters. The molecule has 0 aliphatic carbocycles. The number of nitrogens with one attached hydrogen (secondary N) is 1. The van der Waals surface area contributed by atoms with E-state index in [0.29, 0.717) is 21.3 Å². The predicted octanol–water partition coefficient (Wildman–Crippen LogP) is 3.32. The number of amides is 1. The molecule has 24 heavy (non-hydrogen) atoms. The molecule has 1 aromatic carbocycles. The summed E-state index contributed by atoms with van der Waals surface area (Å²) in [6, 6.07) is 4.85.